The number of carbonyl (C=O) groups excluding carboxylic acids is 1. The third kappa shape index (κ3) is 3.03. The summed E-state index contributed by atoms with van der Waals surface area (Å²) in [5.74, 6) is 1.14. The van der Waals surface area contributed by atoms with E-state index in [1.807, 2.05) is 18.7 Å². The number of nitrogens with two attached hydrogens (primary N) is 1. The maximum Gasteiger partial charge on any atom is 0.257 e. The number of nitrogens with zero attached hydrogens (tertiary/aromatic N) is 3. The Labute approximate surface area is 121 Å². The molecule has 0 bridgehead atoms. The zero-order valence-corrected chi connectivity index (χ0v) is 13.0. The highest BCUT2D eigenvalue weighted by Crippen LogP contribution is 2.35. The molecule has 1 aromatic rings. The van der Waals surface area contributed by atoms with E-state index < -0.39 is 0 Å². The minimum Gasteiger partial charge on any atom is -0.337 e. The second-order valence-corrected chi connectivity index (χ2v) is 6.28. The molecule has 1 unspecified atom stereocenters. The van der Waals surface area contributed by atoms with Crippen molar-refractivity contribution in [2.24, 2.45) is 17.6 Å². The molecule has 1 aliphatic carbocycles. The molecule has 0 radical (unpaired) electrons. The lowest BCUT2D eigenvalue weighted by atomic mass is 10.1. The quantitative estimate of drug-likeness (QED) is 0.860. The molecule has 1 atom stereocenters. The Morgan fingerprint density at radius 3 is 2.70 bits per heavy atom. The lowest BCUT2D eigenvalue weighted by Crippen LogP contribution is -2.43. The van der Waals surface area contributed by atoms with Gasteiger partial charge < -0.3 is 10.6 Å². The van der Waals surface area contributed by atoms with Crippen LogP contribution in [-0.4, -0.2) is 40.2 Å². The zero-order chi connectivity index (χ0) is 14.9. The van der Waals surface area contributed by atoms with E-state index in [1.54, 1.807) is 11.1 Å². The van der Waals surface area contributed by atoms with Crippen molar-refractivity contribution in [3.63, 3.8) is 0 Å². The molecule has 2 N–H and O–H groups in total. The molecule has 5 nitrogen and oxygen atoms in total. The molecule has 1 aromatic heterocycles. The number of likely N-dealkylation sites (N-methyl/N-ethyl adjacent to an activating group) is 1. The van der Waals surface area contributed by atoms with Gasteiger partial charge in [0.2, 0.25) is 0 Å². The molecule has 1 aliphatic rings. The Bertz CT molecular complexity index is 476. The van der Waals surface area contributed by atoms with E-state index in [-0.39, 0.29) is 11.9 Å². The van der Waals surface area contributed by atoms with E-state index >= 15 is 0 Å². The zero-order valence-electron chi connectivity index (χ0n) is 13.0. The van der Waals surface area contributed by atoms with E-state index in [0.717, 1.165) is 12.2 Å². The number of aromatic nitrogens is 2. The van der Waals surface area contributed by atoms with Gasteiger partial charge in [-0.3, -0.25) is 9.48 Å². The summed E-state index contributed by atoms with van der Waals surface area (Å²) in [7, 11) is 1.86. The van der Waals surface area contributed by atoms with E-state index in [4.69, 9.17) is 5.73 Å². The van der Waals surface area contributed by atoms with Gasteiger partial charge in [0, 0.05) is 31.9 Å². The normalized spacial score (nSPS) is 16.5. The topological polar surface area (TPSA) is 64.2 Å². The molecular weight excluding hydrogens is 252 g/mol. The van der Waals surface area contributed by atoms with Gasteiger partial charge in [-0.25, -0.2) is 0 Å². The van der Waals surface area contributed by atoms with Crippen molar-refractivity contribution in [3.05, 3.63) is 17.5 Å². The molecule has 0 aromatic carbocycles. The molecule has 1 saturated carbocycles. The lowest BCUT2D eigenvalue weighted by Gasteiger charge is -2.27. The van der Waals surface area contributed by atoms with Crippen LogP contribution in [0.25, 0.3) is 0 Å². The van der Waals surface area contributed by atoms with Crippen molar-refractivity contribution in [2.45, 2.75) is 46.2 Å². The van der Waals surface area contributed by atoms with Crippen LogP contribution in [0.4, 0.5) is 0 Å². The third-order valence-electron chi connectivity index (χ3n) is 4.10. The molecule has 2 rings (SSSR count). The predicted octanol–water partition coefficient (Wildman–Crippen LogP) is 1.66. The molecule has 1 amide bonds. The monoisotopic (exact) mass is 278 g/mol. The molecule has 1 fully saturated rings. The first-order valence-corrected chi connectivity index (χ1v) is 7.45. The summed E-state index contributed by atoms with van der Waals surface area (Å²) >= 11 is 0. The van der Waals surface area contributed by atoms with Crippen molar-refractivity contribution in [1.29, 1.82) is 0 Å². The Balaban J connectivity index is 2.14. The van der Waals surface area contributed by atoms with Crippen LogP contribution < -0.4 is 5.73 Å². The van der Waals surface area contributed by atoms with Crippen LogP contribution in [-0.2, 0) is 6.54 Å². The number of rotatable bonds is 6. The van der Waals surface area contributed by atoms with Crippen LogP contribution >= 0.6 is 0 Å². The van der Waals surface area contributed by atoms with Gasteiger partial charge in [-0.05, 0) is 31.6 Å². The van der Waals surface area contributed by atoms with Crippen LogP contribution in [0.2, 0.25) is 0 Å². The second kappa shape index (κ2) is 5.95. The highest BCUT2D eigenvalue weighted by atomic mass is 16.2. The van der Waals surface area contributed by atoms with Crippen LogP contribution in [0, 0.1) is 18.8 Å². The van der Waals surface area contributed by atoms with Crippen LogP contribution in [0.3, 0.4) is 0 Å². The molecular formula is C15H26N4O. The fourth-order valence-electron chi connectivity index (χ4n) is 2.67. The van der Waals surface area contributed by atoms with E-state index in [9.17, 15) is 4.79 Å². The average Bonchev–Trinajstić information content (AvgIpc) is 3.16. The minimum atomic E-state index is 0.0415. The van der Waals surface area contributed by atoms with Crippen LogP contribution in [0.15, 0.2) is 6.20 Å². The van der Waals surface area contributed by atoms with Gasteiger partial charge in [0.15, 0.2) is 0 Å². The number of hydrogen-bond donors (Lipinski definition) is 1. The maximum absolute atomic E-state index is 12.6. The summed E-state index contributed by atoms with van der Waals surface area (Å²) in [6, 6.07) is 0.162. The van der Waals surface area contributed by atoms with E-state index in [0.29, 0.717) is 23.9 Å². The molecule has 0 saturated heterocycles. The van der Waals surface area contributed by atoms with Crippen molar-refractivity contribution < 1.29 is 4.79 Å². The molecule has 0 aliphatic heterocycles. The summed E-state index contributed by atoms with van der Waals surface area (Å²) < 4.78 is 1.92. The summed E-state index contributed by atoms with van der Waals surface area (Å²) in [6.07, 6.45) is 4.06. The number of carbonyl (C=O) groups is 1. The second-order valence-electron chi connectivity index (χ2n) is 6.28. The van der Waals surface area contributed by atoms with Gasteiger partial charge in [-0.1, -0.05) is 13.8 Å². The van der Waals surface area contributed by atoms with Crippen molar-refractivity contribution in [3.8, 4) is 0 Å². The van der Waals surface area contributed by atoms with Gasteiger partial charge in [0.1, 0.15) is 0 Å². The standard InChI is InChI=1S/C15H26N4O/c1-10(2)9-19-11(3)13(8-17-19)15(20)18(4)14(7-16)12-5-6-12/h8,10,12,14H,5-7,9,16H2,1-4H3. The smallest absolute Gasteiger partial charge is 0.257 e. The van der Waals surface area contributed by atoms with Crippen molar-refractivity contribution >= 4 is 5.91 Å². The molecule has 1 heterocycles. The SMILES string of the molecule is Cc1c(C(=O)N(C)C(CN)C2CC2)cnn1CC(C)C. The number of amides is 1. The predicted molar refractivity (Wildman–Crippen MR) is 79.5 cm³/mol. The third-order valence-corrected chi connectivity index (χ3v) is 4.10. The van der Waals surface area contributed by atoms with E-state index in [2.05, 4.69) is 18.9 Å². The molecule has 20 heavy (non-hydrogen) atoms. The van der Waals surface area contributed by atoms with E-state index in [1.165, 1.54) is 12.8 Å². The Kier molecular flexibility index (Phi) is 4.48. The average molecular weight is 278 g/mol. The minimum absolute atomic E-state index is 0.0415. The lowest BCUT2D eigenvalue weighted by molar-refractivity contribution is 0.0717. The fraction of sp³-hybridized carbons (Fsp3) is 0.733. The highest BCUT2D eigenvalue weighted by molar-refractivity contribution is 5.95. The molecule has 0 spiro atoms. The van der Waals surface area contributed by atoms with Crippen LogP contribution in [0.1, 0.15) is 42.7 Å². The van der Waals surface area contributed by atoms with Crippen molar-refractivity contribution in [2.75, 3.05) is 13.6 Å². The Morgan fingerprint density at radius 2 is 2.20 bits per heavy atom. The Hall–Kier alpha value is -1.36. The highest BCUT2D eigenvalue weighted by Gasteiger charge is 2.35. The fourth-order valence-corrected chi connectivity index (χ4v) is 2.67. The summed E-state index contributed by atoms with van der Waals surface area (Å²) in [6.45, 7) is 7.63. The van der Waals surface area contributed by atoms with Gasteiger partial charge in [0.05, 0.1) is 11.8 Å². The maximum atomic E-state index is 12.6. The number of hydrogen-bond acceptors (Lipinski definition) is 3. The van der Waals surface area contributed by atoms with Gasteiger partial charge in [-0.2, -0.15) is 5.10 Å². The first kappa shape index (κ1) is 15.0. The van der Waals surface area contributed by atoms with Gasteiger partial charge in [0.25, 0.3) is 5.91 Å². The van der Waals surface area contributed by atoms with Crippen LogP contribution in [0.5, 0.6) is 0 Å². The summed E-state index contributed by atoms with van der Waals surface area (Å²) in [4.78, 5) is 14.4. The summed E-state index contributed by atoms with van der Waals surface area (Å²) in [5.41, 5.74) is 7.47. The largest absolute Gasteiger partial charge is 0.337 e. The van der Waals surface area contributed by atoms with Gasteiger partial charge >= 0.3 is 0 Å². The molecule has 112 valence electrons. The summed E-state index contributed by atoms with van der Waals surface area (Å²) in [5, 5.41) is 4.34. The first-order valence-electron chi connectivity index (χ1n) is 7.45. The van der Waals surface area contributed by atoms with Gasteiger partial charge in [-0.15, -0.1) is 0 Å². The first-order chi connectivity index (χ1) is 9.45. The van der Waals surface area contributed by atoms with Crippen molar-refractivity contribution in [1.82, 2.24) is 14.7 Å². The molecule has 5 heteroatoms. The Morgan fingerprint density at radius 1 is 1.55 bits per heavy atom.